The molecule has 0 aromatic rings. The number of esters is 2. The van der Waals surface area contributed by atoms with E-state index in [-0.39, 0.29) is 11.9 Å². The van der Waals surface area contributed by atoms with Crippen LogP contribution in [0.25, 0.3) is 0 Å². The fourth-order valence-electron chi connectivity index (χ4n) is 1.57. The third-order valence-corrected chi connectivity index (χ3v) is 17.5. The molecule has 0 atom stereocenters. The summed E-state index contributed by atoms with van der Waals surface area (Å²) >= 11 is -2.65. The first-order chi connectivity index (χ1) is 7.03. The van der Waals surface area contributed by atoms with Gasteiger partial charge in [0.2, 0.25) is 0 Å². The molecular formula is C10H20O4Sn. The number of hydrogen-bond donors (Lipinski definition) is 0. The van der Waals surface area contributed by atoms with Crippen molar-refractivity contribution in [1.82, 2.24) is 0 Å². The minimum absolute atomic E-state index is 0.182. The Morgan fingerprint density at radius 1 is 0.933 bits per heavy atom. The molecule has 4 nitrogen and oxygen atoms in total. The normalized spacial score (nSPS) is 10.9. The zero-order valence-electron chi connectivity index (χ0n) is 9.96. The molecule has 0 heterocycles. The van der Waals surface area contributed by atoms with Crippen molar-refractivity contribution < 1.29 is 19.1 Å². The van der Waals surface area contributed by atoms with Crippen LogP contribution in [0.15, 0.2) is 0 Å². The van der Waals surface area contributed by atoms with Gasteiger partial charge in [-0.2, -0.15) is 0 Å². The van der Waals surface area contributed by atoms with Crippen LogP contribution in [-0.2, 0) is 19.1 Å². The van der Waals surface area contributed by atoms with Gasteiger partial charge < -0.3 is 0 Å². The van der Waals surface area contributed by atoms with Crippen LogP contribution in [0.4, 0.5) is 0 Å². The average molecular weight is 323 g/mol. The third-order valence-electron chi connectivity index (χ3n) is 2.99. The molecule has 0 amide bonds. The number of hydrogen-bond acceptors (Lipinski definition) is 4. The van der Waals surface area contributed by atoms with Gasteiger partial charge in [0.05, 0.1) is 0 Å². The Kier molecular flexibility index (Phi) is 6.96. The van der Waals surface area contributed by atoms with Crippen LogP contribution in [0.2, 0.25) is 17.7 Å². The Labute approximate surface area is 95.2 Å². The SMILES string of the molecule is C[CH2][Sn]([CH2]C)([CH2]C(=O)OC)[CH2]C(=O)OC. The molecule has 0 aliphatic rings. The maximum absolute atomic E-state index is 11.3. The summed E-state index contributed by atoms with van der Waals surface area (Å²) in [6.07, 6.45) is 0. The van der Waals surface area contributed by atoms with Crippen LogP contribution in [-0.4, -0.2) is 44.5 Å². The summed E-state index contributed by atoms with van der Waals surface area (Å²) in [5.41, 5.74) is 0. The van der Waals surface area contributed by atoms with Gasteiger partial charge >= 0.3 is 95.2 Å². The standard InChI is InChI=1S/2C3H5O2.2C2H5.Sn/c2*1-3(4)5-2;2*1-2;/h2*1H2,2H3;2*1H2,2H3;. The molecule has 0 rings (SSSR count). The predicted octanol–water partition coefficient (Wildman–Crippen LogP) is 1.82. The topological polar surface area (TPSA) is 52.6 Å². The Bertz CT molecular complexity index is 203. The van der Waals surface area contributed by atoms with Crippen LogP contribution in [0.1, 0.15) is 13.8 Å². The molecule has 88 valence electrons. The van der Waals surface area contributed by atoms with E-state index in [0.717, 1.165) is 8.87 Å². The van der Waals surface area contributed by atoms with E-state index in [1.54, 1.807) is 0 Å². The first-order valence-corrected chi connectivity index (χ1v) is 13.2. The Morgan fingerprint density at radius 3 is 1.47 bits per heavy atom. The molecule has 0 spiro atoms. The Hall–Kier alpha value is -0.261. The van der Waals surface area contributed by atoms with E-state index in [2.05, 4.69) is 23.3 Å². The molecule has 0 bridgehead atoms. The fourth-order valence-corrected chi connectivity index (χ4v) is 10.5. The second-order valence-corrected chi connectivity index (χ2v) is 18.3. The van der Waals surface area contributed by atoms with Gasteiger partial charge in [-0.1, -0.05) is 0 Å². The van der Waals surface area contributed by atoms with Crippen LogP contribution >= 0.6 is 0 Å². The van der Waals surface area contributed by atoms with Crippen molar-refractivity contribution in [2.75, 3.05) is 14.2 Å². The maximum atomic E-state index is 11.3. The van der Waals surface area contributed by atoms with Crippen molar-refractivity contribution >= 4 is 30.3 Å². The van der Waals surface area contributed by atoms with Crippen LogP contribution < -0.4 is 0 Å². The zero-order valence-corrected chi connectivity index (χ0v) is 12.8. The molecule has 0 N–H and O–H groups in total. The summed E-state index contributed by atoms with van der Waals surface area (Å²) in [5, 5.41) is 0. The first-order valence-electron chi connectivity index (χ1n) is 5.17. The van der Waals surface area contributed by atoms with E-state index < -0.39 is 18.4 Å². The zero-order chi connectivity index (χ0) is 11.9. The molecule has 0 saturated carbocycles. The second kappa shape index (κ2) is 7.09. The van der Waals surface area contributed by atoms with Gasteiger partial charge in [0.15, 0.2) is 0 Å². The van der Waals surface area contributed by atoms with Crippen LogP contribution in [0, 0.1) is 0 Å². The third kappa shape index (κ3) is 4.86. The summed E-state index contributed by atoms with van der Waals surface area (Å²) in [5.74, 6) is -0.364. The van der Waals surface area contributed by atoms with Gasteiger partial charge in [-0.15, -0.1) is 0 Å². The van der Waals surface area contributed by atoms with Gasteiger partial charge in [-0.05, 0) is 0 Å². The number of rotatable bonds is 6. The van der Waals surface area contributed by atoms with E-state index >= 15 is 0 Å². The number of carbonyl (C=O) groups is 2. The predicted molar refractivity (Wildman–Crippen MR) is 60.4 cm³/mol. The summed E-state index contributed by atoms with van der Waals surface area (Å²) in [6, 6.07) is 0. The molecule has 0 saturated heterocycles. The molecule has 0 radical (unpaired) electrons. The van der Waals surface area contributed by atoms with E-state index in [0.29, 0.717) is 8.87 Å². The fraction of sp³-hybridized carbons (Fsp3) is 0.800. The second-order valence-electron chi connectivity index (χ2n) is 3.71. The van der Waals surface area contributed by atoms with Gasteiger partial charge in [0.25, 0.3) is 0 Å². The van der Waals surface area contributed by atoms with Gasteiger partial charge in [0.1, 0.15) is 0 Å². The first kappa shape index (κ1) is 14.7. The van der Waals surface area contributed by atoms with Crippen molar-refractivity contribution in [2.24, 2.45) is 0 Å². The van der Waals surface area contributed by atoms with Crippen molar-refractivity contribution in [3.05, 3.63) is 0 Å². The van der Waals surface area contributed by atoms with Crippen molar-refractivity contribution in [3.63, 3.8) is 0 Å². The van der Waals surface area contributed by atoms with Crippen LogP contribution in [0.5, 0.6) is 0 Å². The molecule has 0 aromatic carbocycles. The number of ether oxygens (including phenoxy) is 2. The summed E-state index contributed by atoms with van der Waals surface area (Å²) < 4.78 is 12.3. The van der Waals surface area contributed by atoms with Gasteiger partial charge in [-0.3, -0.25) is 0 Å². The molecule has 15 heavy (non-hydrogen) atoms. The average Bonchev–Trinajstić information content (AvgIpc) is 2.27. The van der Waals surface area contributed by atoms with Crippen LogP contribution in [0.3, 0.4) is 0 Å². The quantitative estimate of drug-likeness (QED) is 0.553. The molecule has 0 unspecified atom stereocenters. The minimum atomic E-state index is -2.65. The Morgan fingerprint density at radius 2 is 1.27 bits per heavy atom. The molecule has 0 fully saturated rings. The number of methoxy groups -OCH3 is 2. The molecule has 5 heteroatoms. The summed E-state index contributed by atoms with van der Waals surface area (Å²) in [4.78, 5) is 22.6. The van der Waals surface area contributed by atoms with E-state index in [4.69, 9.17) is 0 Å². The van der Waals surface area contributed by atoms with E-state index in [1.165, 1.54) is 14.2 Å². The number of carbonyl (C=O) groups excluding carboxylic acids is 2. The van der Waals surface area contributed by atoms with Gasteiger partial charge in [-0.25, -0.2) is 0 Å². The van der Waals surface area contributed by atoms with Crippen molar-refractivity contribution in [2.45, 2.75) is 31.6 Å². The summed E-state index contributed by atoms with van der Waals surface area (Å²) in [6.45, 7) is 4.12. The molecule has 0 aliphatic carbocycles. The van der Waals surface area contributed by atoms with E-state index in [1.807, 2.05) is 0 Å². The monoisotopic (exact) mass is 324 g/mol. The van der Waals surface area contributed by atoms with Gasteiger partial charge in [0, 0.05) is 0 Å². The molecular weight excluding hydrogens is 303 g/mol. The van der Waals surface area contributed by atoms with Crippen molar-refractivity contribution in [3.8, 4) is 0 Å². The molecule has 0 aromatic heterocycles. The Balaban J connectivity index is 4.56. The van der Waals surface area contributed by atoms with E-state index in [9.17, 15) is 9.59 Å². The summed E-state index contributed by atoms with van der Waals surface area (Å²) in [7, 11) is 2.78. The molecule has 0 aliphatic heterocycles. The van der Waals surface area contributed by atoms with Crippen molar-refractivity contribution in [1.29, 1.82) is 0 Å².